The van der Waals surface area contributed by atoms with Gasteiger partial charge in [0.25, 0.3) is 0 Å². The monoisotopic (exact) mass is 432 g/mol. The summed E-state index contributed by atoms with van der Waals surface area (Å²) < 4.78 is 18.9. The Balaban J connectivity index is 0.000000287. The number of fused-ring (bicyclic) bond motifs is 3. The van der Waals surface area contributed by atoms with E-state index in [9.17, 15) is 9.28 Å². The van der Waals surface area contributed by atoms with E-state index in [0.29, 0.717) is 46.9 Å². The molecule has 9 heteroatoms. The number of carbonyl (C=O) groups is 1. The minimum absolute atomic E-state index is 0.0683. The highest BCUT2D eigenvalue weighted by molar-refractivity contribution is 6.06. The van der Waals surface area contributed by atoms with Gasteiger partial charge in [0.05, 0.1) is 18.2 Å². The predicted octanol–water partition coefficient (Wildman–Crippen LogP) is 3.28. The molecular formula is C22H29FN4O4. The van der Waals surface area contributed by atoms with Gasteiger partial charge in [-0.05, 0) is 43.4 Å². The number of benzene rings is 2. The van der Waals surface area contributed by atoms with E-state index in [1.165, 1.54) is 0 Å². The minimum Gasteiger partial charge on any atom is -0.394 e. The second-order valence-electron chi connectivity index (χ2n) is 7.49. The normalized spacial score (nSPS) is 18.1. The summed E-state index contributed by atoms with van der Waals surface area (Å²) in [4.78, 5) is 16.7. The number of carbonyl (C=O) groups excluding carboxylic acids is 1. The molecule has 0 spiro atoms. The highest BCUT2D eigenvalue weighted by atomic mass is 19.2. The Morgan fingerprint density at radius 2 is 2.13 bits per heavy atom. The molecule has 1 aromatic heterocycles. The number of aromatic nitrogens is 2. The van der Waals surface area contributed by atoms with Crippen molar-refractivity contribution in [3.8, 4) is 0 Å². The van der Waals surface area contributed by atoms with Crippen LogP contribution < -0.4 is 10.6 Å². The van der Waals surface area contributed by atoms with Crippen LogP contribution in [0.1, 0.15) is 32.0 Å². The van der Waals surface area contributed by atoms with E-state index >= 15 is 0 Å². The molecule has 1 unspecified atom stereocenters. The maximum atomic E-state index is 13.9. The fraction of sp³-hybridized carbons (Fsp3) is 0.455. The average Bonchev–Trinajstić information content (AvgIpc) is 3.31. The molecule has 0 radical (unpaired) electrons. The lowest BCUT2D eigenvalue weighted by atomic mass is 10.1. The van der Waals surface area contributed by atoms with Crippen LogP contribution in [0.3, 0.4) is 0 Å². The summed E-state index contributed by atoms with van der Waals surface area (Å²) in [5.41, 5.74) is 1.68. The number of urea groups is 1. The smallest absolute Gasteiger partial charge is 0.319 e. The molecule has 2 aromatic carbocycles. The van der Waals surface area contributed by atoms with Crippen LogP contribution in [-0.2, 0) is 4.74 Å². The zero-order chi connectivity index (χ0) is 22.4. The molecule has 8 nitrogen and oxygen atoms in total. The van der Waals surface area contributed by atoms with Gasteiger partial charge in [-0.15, -0.1) is 0 Å². The molecule has 2 atom stereocenters. The van der Waals surface area contributed by atoms with Gasteiger partial charge in [0, 0.05) is 24.2 Å². The molecule has 31 heavy (non-hydrogen) atoms. The molecule has 0 saturated carbocycles. The number of hydrogen-bond donors (Lipinski definition) is 4. The minimum atomic E-state index is -0.444. The number of unbranched alkanes of at least 4 members (excludes halogenated alkanes) is 1. The van der Waals surface area contributed by atoms with E-state index in [-0.39, 0.29) is 18.7 Å². The highest BCUT2D eigenvalue weighted by Gasteiger charge is 2.24. The summed E-state index contributed by atoms with van der Waals surface area (Å²) in [6, 6.07) is 8.86. The summed E-state index contributed by atoms with van der Waals surface area (Å²) in [6.07, 6.45) is 1.86. The van der Waals surface area contributed by atoms with Gasteiger partial charge in [0.15, 0.2) is 0 Å². The van der Waals surface area contributed by atoms with Crippen molar-refractivity contribution in [1.29, 1.82) is 0 Å². The SMILES string of the molecule is CCCCNC(=O)Nc1ccc2ccc3c(nc(C)n3F)c2c1.OC[C@H]1OCCC1O. The van der Waals surface area contributed by atoms with E-state index in [2.05, 4.69) is 22.5 Å². The summed E-state index contributed by atoms with van der Waals surface area (Å²) >= 11 is 0. The van der Waals surface area contributed by atoms with Gasteiger partial charge < -0.3 is 25.6 Å². The summed E-state index contributed by atoms with van der Waals surface area (Å²) in [7, 11) is 0. The number of aliphatic hydroxyl groups is 2. The van der Waals surface area contributed by atoms with Gasteiger partial charge in [-0.3, -0.25) is 0 Å². The average molecular weight is 432 g/mol. The van der Waals surface area contributed by atoms with Crippen molar-refractivity contribution in [1.82, 2.24) is 15.1 Å². The topological polar surface area (TPSA) is 109 Å². The first-order valence-corrected chi connectivity index (χ1v) is 10.5. The van der Waals surface area contributed by atoms with Crippen molar-refractivity contribution in [2.75, 3.05) is 25.1 Å². The van der Waals surface area contributed by atoms with Crippen LogP contribution in [0.15, 0.2) is 30.3 Å². The van der Waals surface area contributed by atoms with Crippen LogP contribution in [0.5, 0.6) is 0 Å². The Bertz CT molecular complexity index is 1040. The van der Waals surface area contributed by atoms with Crippen LogP contribution in [0.4, 0.5) is 15.0 Å². The van der Waals surface area contributed by atoms with Crippen molar-refractivity contribution >= 4 is 33.5 Å². The number of amides is 2. The predicted molar refractivity (Wildman–Crippen MR) is 118 cm³/mol. The second-order valence-corrected chi connectivity index (χ2v) is 7.49. The van der Waals surface area contributed by atoms with Crippen molar-refractivity contribution in [3.05, 3.63) is 36.2 Å². The Kier molecular flexibility index (Phi) is 7.78. The molecule has 4 N–H and O–H groups in total. The number of rotatable bonds is 5. The van der Waals surface area contributed by atoms with Crippen LogP contribution in [0.2, 0.25) is 0 Å². The number of nitrogens with one attached hydrogen (secondary N) is 2. The molecule has 2 amide bonds. The van der Waals surface area contributed by atoms with Gasteiger partial charge in [-0.2, -0.15) is 4.79 Å². The number of nitrogens with zero attached hydrogens (tertiary/aromatic N) is 2. The zero-order valence-corrected chi connectivity index (χ0v) is 17.8. The number of ether oxygens (including phenoxy) is 1. The van der Waals surface area contributed by atoms with Gasteiger partial charge in [-0.25, -0.2) is 9.78 Å². The summed E-state index contributed by atoms with van der Waals surface area (Å²) in [5, 5.41) is 24.7. The lowest BCUT2D eigenvalue weighted by molar-refractivity contribution is 0.00406. The summed E-state index contributed by atoms with van der Waals surface area (Å²) in [5.74, 6) is 0.308. The molecule has 1 aliphatic heterocycles. The molecule has 2 heterocycles. The first-order valence-electron chi connectivity index (χ1n) is 10.5. The number of anilines is 1. The maximum Gasteiger partial charge on any atom is 0.319 e. The molecule has 4 rings (SSSR count). The lowest BCUT2D eigenvalue weighted by Gasteiger charge is -2.08. The number of aryl methyl sites for hydroxylation is 1. The first kappa shape index (κ1) is 22.9. The molecule has 0 bridgehead atoms. The van der Waals surface area contributed by atoms with Crippen molar-refractivity contribution in [2.24, 2.45) is 0 Å². The fourth-order valence-electron chi connectivity index (χ4n) is 3.39. The zero-order valence-electron chi connectivity index (χ0n) is 17.8. The Hall–Kier alpha value is -2.75. The van der Waals surface area contributed by atoms with Crippen molar-refractivity contribution in [2.45, 2.75) is 45.3 Å². The molecule has 0 aliphatic carbocycles. The molecule has 168 valence electrons. The van der Waals surface area contributed by atoms with Crippen LogP contribution in [0, 0.1) is 6.92 Å². The van der Waals surface area contributed by atoms with Crippen LogP contribution in [-0.4, -0.2) is 58.0 Å². The fourth-order valence-corrected chi connectivity index (χ4v) is 3.39. The Morgan fingerprint density at radius 1 is 1.35 bits per heavy atom. The van der Waals surface area contributed by atoms with Crippen molar-refractivity contribution < 1.29 is 24.2 Å². The third-order valence-electron chi connectivity index (χ3n) is 5.17. The van der Waals surface area contributed by atoms with E-state index in [1.54, 1.807) is 13.0 Å². The molecule has 1 saturated heterocycles. The van der Waals surface area contributed by atoms with Gasteiger partial charge in [-0.1, -0.05) is 30.0 Å². The van der Waals surface area contributed by atoms with E-state index < -0.39 is 6.10 Å². The molecule has 1 fully saturated rings. The van der Waals surface area contributed by atoms with E-state index in [4.69, 9.17) is 14.9 Å². The Labute approximate surface area is 180 Å². The second kappa shape index (κ2) is 10.5. The third-order valence-corrected chi connectivity index (χ3v) is 5.17. The van der Waals surface area contributed by atoms with Gasteiger partial charge in [0.2, 0.25) is 0 Å². The van der Waals surface area contributed by atoms with Crippen LogP contribution in [0.25, 0.3) is 21.8 Å². The lowest BCUT2D eigenvalue weighted by Crippen LogP contribution is -2.29. The number of imidazole rings is 1. The molecule has 3 aromatic rings. The Morgan fingerprint density at radius 3 is 2.77 bits per heavy atom. The van der Waals surface area contributed by atoms with E-state index in [0.717, 1.165) is 23.6 Å². The molecular weight excluding hydrogens is 403 g/mol. The third kappa shape index (κ3) is 5.49. The molecule has 1 aliphatic rings. The maximum absolute atomic E-state index is 13.9. The number of halogens is 1. The van der Waals surface area contributed by atoms with Crippen molar-refractivity contribution in [3.63, 3.8) is 0 Å². The summed E-state index contributed by atoms with van der Waals surface area (Å²) in [6.45, 7) is 4.84. The largest absolute Gasteiger partial charge is 0.394 e. The highest BCUT2D eigenvalue weighted by Crippen LogP contribution is 2.28. The number of aliphatic hydroxyl groups excluding tert-OH is 2. The van der Waals surface area contributed by atoms with E-state index in [1.807, 2.05) is 24.3 Å². The standard InChI is InChI=1S/C17H19FN4O.C5H10O3/c1-3-4-9-19-17(23)21-13-7-5-12-6-8-15-16(14(12)10-13)20-11(2)22(15)18;6-3-5-4(7)1-2-8-5/h5-8,10H,3-4,9H2,1-2H3,(H2,19,21,23);4-7H,1-3H2/t;4?,5-/m.1/s1. The quantitative estimate of drug-likeness (QED) is 0.463. The first-order chi connectivity index (χ1) is 14.9. The van der Waals surface area contributed by atoms with Gasteiger partial charge in [0.1, 0.15) is 17.4 Å². The van der Waals surface area contributed by atoms with Crippen LogP contribution >= 0.6 is 0 Å². The number of hydrogen-bond acceptors (Lipinski definition) is 5. The van der Waals surface area contributed by atoms with Gasteiger partial charge >= 0.3 is 6.03 Å².